The fourth-order valence-electron chi connectivity index (χ4n) is 2.15. The highest BCUT2D eigenvalue weighted by atomic mass is 16.6. The first-order valence-corrected chi connectivity index (χ1v) is 7.26. The van der Waals surface area contributed by atoms with Crippen molar-refractivity contribution in [3.8, 4) is 0 Å². The molecule has 0 aromatic heterocycles. The van der Waals surface area contributed by atoms with Gasteiger partial charge in [0.05, 0.1) is 6.42 Å². The summed E-state index contributed by atoms with van der Waals surface area (Å²) in [6, 6.07) is 18.5. The molecular weight excluding hydrogens is 260 g/mol. The van der Waals surface area contributed by atoms with Crippen molar-refractivity contribution >= 4 is 5.97 Å². The molecule has 110 valence electrons. The summed E-state index contributed by atoms with van der Waals surface area (Å²) in [5, 5.41) is 0. The van der Waals surface area contributed by atoms with Crippen LogP contribution in [0.5, 0.6) is 0 Å². The van der Waals surface area contributed by atoms with E-state index in [4.69, 9.17) is 4.74 Å². The fourth-order valence-corrected chi connectivity index (χ4v) is 2.15. The quantitative estimate of drug-likeness (QED) is 0.787. The average molecular weight is 282 g/mol. The van der Waals surface area contributed by atoms with Gasteiger partial charge in [-0.25, -0.2) is 0 Å². The number of carbonyl (C=O) groups is 1. The maximum absolute atomic E-state index is 11.8. The van der Waals surface area contributed by atoms with E-state index < -0.39 is 5.60 Å². The maximum atomic E-state index is 11.8. The van der Waals surface area contributed by atoms with Crippen LogP contribution in [0.1, 0.15) is 37.5 Å². The summed E-state index contributed by atoms with van der Waals surface area (Å²) in [7, 11) is 0. The van der Waals surface area contributed by atoms with E-state index in [9.17, 15) is 4.79 Å². The Hall–Kier alpha value is -2.09. The molecule has 0 unspecified atom stereocenters. The molecule has 0 saturated heterocycles. The number of esters is 1. The molecule has 0 aliphatic carbocycles. The number of hydrogen-bond acceptors (Lipinski definition) is 2. The highest BCUT2D eigenvalue weighted by molar-refractivity contribution is 5.73. The highest BCUT2D eigenvalue weighted by Gasteiger charge is 2.16. The molecule has 0 aliphatic heterocycles. The lowest BCUT2D eigenvalue weighted by molar-refractivity contribution is -0.153. The Balaban J connectivity index is 1.95. The summed E-state index contributed by atoms with van der Waals surface area (Å²) >= 11 is 0. The second kappa shape index (κ2) is 6.57. The lowest BCUT2D eigenvalue weighted by atomic mass is 10.0. The molecule has 0 N–H and O–H groups in total. The van der Waals surface area contributed by atoms with E-state index in [-0.39, 0.29) is 5.97 Å². The monoisotopic (exact) mass is 282 g/mol. The molecular formula is C19H22O2. The molecule has 21 heavy (non-hydrogen) atoms. The number of rotatable bonds is 4. The zero-order valence-corrected chi connectivity index (χ0v) is 12.9. The standard InChI is InChI=1S/C19H22O2/c1-19(2,3)21-18(20)14-17-11-9-16(10-12-17)13-15-7-5-4-6-8-15/h4-12H,13-14H2,1-3H3. The SMILES string of the molecule is CC(C)(C)OC(=O)Cc1ccc(Cc2ccccc2)cc1. The lowest BCUT2D eigenvalue weighted by Gasteiger charge is -2.19. The zero-order chi connectivity index (χ0) is 15.3. The summed E-state index contributed by atoms with van der Waals surface area (Å²) in [6.45, 7) is 5.65. The zero-order valence-electron chi connectivity index (χ0n) is 12.9. The summed E-state index contributed by atoms with van der Waals surface area (Å²) < 4.78 is 5.33. The van der Waals surface area contributed by atoms with Gasteiger partial charge in [-0.1, -0.05) is 54.6 Å². The van der Waals surface area contributed by atoms with Gasteiger partial charge >= 0.3 is 5.97 Å². The Labute approximate surface area is 126 Å². The third-order valence-corrected chi connectivity index (χ3v) is 3.04. The molecule has 0 heterocycles. The predicted octanol–water partition coefficient (Wildman–Crippen LogP) is 4.16. The number of hydrogen-bond donors (Lipinski definition) is 0. The van der Waals surface area contributed by atoms with Gasteiger partial charge in [-0.15, -0.1) is 0 Å². The Morgan fingerprint density at radius 1 is 0.857 bits per heavy atom. The van der Waals surface area contributed by atoms with E-state index in [0.29, 0.717) is 6.42 Å². The maximum Gasteiger partial charge on any atom is 0.310 e. The molecule has 2 aromatic carbocycles. The van der Waals surface area contributed by atoms with E-state index in [1.54, 1.807) is 0 Å². The number of carbonyl (C=O) groups excluding carboxylic acids is 1. The van der Waals surface area contributed by atoms with E-state index in [1.807, 2.05) is 51.1 Å². The second-order valence-corrected chi connectivity index (χ2v) is 6.24. The van der Waals surface area contributed by atoms with Crippen molar-refractivity contribution in [3.63, 3.8) is 0 Å². The van der Waals surface area contributed by atoms with Crippen LogP contribution in [0, 0.1) is 0 Å². The topological polar surface area (TPSA) is 26.3 Å². The van der Waals surface area contributed by atoms with Gasteiger partial charge < -0.3 is 4.74 Å². The highest BCUT2D eigenvalue weighted by Crippen LogP contribution is 2.13. The average Bonchev–Trinajstić information content (AvgIpc) is 2.40. The Kier molecular flexibility index (Phi) is 4.79. The Morgan fingerprint density at radius 3 is 1.95 bits per heavy atom. The van der Waals surface area contributed by atoms with Crippen LogP contribution in [0.2, 0.25) is 0 Å². The van der Waals surface area contributed by atoms with Crippen LogP contribution in [0.4, 0.5) is 0 Å². The van der Waals surface area contributed by atoms with Crippen LogP contribution in [0.25, 0.3) is 0 Å². The molecule has 0 bridgehead atoms. The molecule has 0 radical (unpaired) electrons. The van der Waals surface area contributed by atoms with Gasteiger partial charge in [-0.2, -0.15) is 0 Å². The minimum Gasteiger partial charge on any atom is -0.460 e. The summed E-state index contributed by atoms with van der Waals surface area (Å²) in [6.07, 6.45) is 1.23. The molecule has 0 fully saturated rings. The first kappa shape index (κ1) is 15.3. The smallest absolute Gasteiger partial charge is 0.310 e. The van der Waals surface area contributed by atoms with Crippen LogP contribution in [0.3, 0.4) is 0 Å². The van der Waals surface area contributed by atoms with Crippen LogP contribution in [-0.4, -0.2) is 11.6 Å². The van der Waals surface area contributed by atoms with Crippen LogP contribution >= 0.6 is 0 Å². The Bertz CT molecular complexity index is 577. The summed E-state index contributed by atoms with van der Waals surface area (Å²) in [5.41, 5.74) is 3.09. The van der Waals surface area contributed by atoms with E-state index in [1.165, 1.54) is 11.1 Å². The molecule has 0 spiro atoms. The van der Waals surface area contributed by atoms with Crippen molar-refractivity contribution in [3.05, 3.63) is 71.3 Å². The van der Waals surface area contributed by atoms with Crippen molar-refractivity contribution in [2.45, 2.75) is 39.2 Å². The summed E-state index contributed by atoms with van der Waals surface area (Å²) in [4.78, 5) is 11.8. The van der Waals surface area contributed by atoms with Gasteiger partial charge in [0.25, 0.3) is 0 Å². The van der Waals surface area contributed by atoms with Crippen molar-refractivity contribution < 1.29 is 9.53 Å². The van der Waals surface area contributed by atoms with Crippen LogP contribution in [0.15, 0.2) is 54.6 Å². The van der Waals surface area contributed by atoms with Crippen LogP contribution < -0.4 is 0 Å². The first-order chi connectivity index (χ1) is 9.92. The van der Waals surface area contributed by atoms with Gasteiger partial charge in [0.1, 0.15) is 5.60 Å². The Morgan fingerprint density at radius 2 is 1.38 bits per heavy atom. The van der Waals surface area contributed by atoms with Gasteiger partial charge in [0.2, 0.25) is 0 Å². The largest absolute Gasteiger partial charge is 0.460 e. The van der Waals surface area contributed by atoms with E-state index >= 15 is 0 Å². The fraction of sp³-hybridized carbons (Fsp3) is 0.316. The molecule has 0 aliphatic rings. The van der Waals surface area contributed by atoms with Gasteiger partial charge in [-0.3, -0.25) is 4.79 Å². The molecule has 0 saturated carbocycles. The summed E-state index contributed by atoms with van der Waals surface area (Å²) in [5.74, 6) is -0.182. The van der Waals surface area contributed by atoms with Crippen molar-refractivity contribution in [1.82, 2.24) is 0 Å². The molecule has 2 rings (SSSR count). The van der Waals surface area contributed by atoms with Crippen LogP contribution in [-0.2, 0) is 22.4 Å². The minimum absolute atomic E-state index is 0.182. The number of ether oxygens (including phenoxy) is 1. The van der Waals surface area contributed by atoms with Gasteiger partial charge in [0.15, 0.2) is 0 Å². The van der Waals surface area contributed by atoms with Crippen molar-refractivity contribution in [2.75, 3.05) is 0 Å². The number of benzene rings is 2. The molecule has 2 aromatic rings. The molecule has 2 heteroatoms. The van der Waals surface area contributed by atoms with E-state index in [0.717, 1.165) is 12.0 Å². The lowest BCUT2D eigenvalue weighted by Crippen LogP contribution is -2.24. The molecule has 0 atom stereocenters. The second-order valence-electron chi connectivity index (χ2n) is 6.24. The molecule has 2 nitrogen and oxygen atoms in total. The normalized spacial score (nSPS) is 11.2. The van der Waals surface area contributed by atoms with E-state index in [2.05, 4.69) is 24.3 Å². The minimum atomic E-state index is -0.426. The van der Waals surface area contributed by atoms with Crippen molar-refractivity contribution in [2.24, 2.45) is 0 Å². The predicted molar refractivity (Wildman–Crippen MR) is 85.2 cm³/mol. The first-order valence-electron chi connectivity index (χ1n) is 7.26. The third kappa shape index (κ3) is 5.42. The molecule has 0 amide bonds. The van der Waals surface area contributed by atoms with Gasteiger partial charge in [0, 0.05) is 0 Å². The van der Waals surface area contributed by atoms with Crippen molar-refractivity contribution in [1.29, 1.82) is 0 Å². The van der Waals surface area contributed by atoms with Gasteiger partial charge in [-0.05, 0) is 43.9 Å². The third-order valence-electron chi connectivity index (χ3n) is 3.04.